The van der Waals surface area contributed by atoms with Crippen LogP contribution in [0.15, 0.2) is 0 Å². The molecule has 13 heavy (non-hydrogen) atoms. The summed E-state index contributed by atoms with van der Waals surface area (Å²) in [6.07, 6.45) is -13.2. The van der Waals surface area contributed by atoms with Crippen molar-refractivity contribution in [2.24, 2.45) is 0 Å². The lowest BCUT2D eigenvalue weighted by atomic mass is 10.2. The van der Waals surface area contributed by atoms with Crippen molar-refractivity contribution in [3.05, 3.63) is 0 Å². The first-order chi connectivity index (χ1) is 5.52. The maximum atomic E-state index is 12.0. The van der Waals surface area contributed by atoms with Gasteiger partial charge in [0.2, 0.25) is 0 Å². The molecule has 0 aliphatic carbocycles. The third-order valence-electron chi connectivity index (χ3n) is 1.14. The quantitative estimate of drug-likeness (QED) is 0.656. The number of halogens is 7. The van der Waals surface area contributed by atoms with Crippen molar-refractivity contribution in [2.75, 3.05) is 7.11 Å². The third kappa shape index (κ3) is 3.37. The van der Waals surface area contributed by atoms with Crippen molar-refractivity contribution in [3.63, 3.8) is 0 Å². The van der Waals surface area contributed by atoms with Crippen LogP contribution in [0.1, 0.15) is 6.42 Å². The predicted molar refractivity (Wildman–Crippen MR) is 27.6 cm³/mol. The molecule has 0 unspecified atom stereocenters. The highest BCUT2D eigenvalue weighted by molar-refractivity contribution is 4.79. The van der Waals surface area contributed by atoms with Crippen LogP contribution in [0, 0.1) is 0 Å². The number of hydrogen-bond donors (Lipinski definition) is 0. The van der Waals surface area contributed by atoms with Gasteiger partial charge in [-0.05, 0) is 0 Å². The number of ether oxygens (including phenoxy) is 1. The van der Waals surface area contributed by atoms with Crippen LogP contribution in [0.4, 0.5) is 30.7 Å². The Balaban J connectivity index is 4.52. The summed E-state index contributed by atoms with van der Waals surface area (Å²) in [5.74, 6) is -5.45. The Morgan fingerprint density at radius 2 is 1.31 bits per heavy atom. The molecule has 0 saturated carbocycles. The zero-order valence-corrected chi connectivity index (χ0v) is 6.26. The smallest absolute Gasteiger partial charge is 0.324 e. The fourth-order valence-electron chi connectivity index (χ4n) is 0.431. The first-order valence-corrected chi connectivity index (χ1v) is 2.89. The second kappa shape index (κ2) is 3.32. The number of methoxy groups -OCH3 is 1. The van der Waals surface area contributed by atoms with Gasteiger partial charge in [-0.15, -0.1) is 0 Å². The van der Waals surface area contributed by atoms with Crippen molar-refractivity contribution in [1.82, 2.24) is 0 Å². The van der Waals surface area contributed by atoms with E-state index in [9.17, 15) is 30.7 Å². The van der Waals surface area contributed by atoms with Gasteiger partial charge in [-0.3, -0.25) is 0 Å². The lowest BCUT2D eigenvalue weighted by molar-refractivity contribution is -0.332. The summed E-state index contributed by atoms with van der Waals surface area (Å²) >= 11 is 0. The molecule has 0 spiro atoms. The second-order valence-electron chi connectivity index (χ2n) is 2.22. The van der Waals surface area contributed by atoms with Crippen molar-refractivity contribution >= 4 is 0 Å². The van der Waals surface area contributed by atoms with Gasteiger partial charge in [0.15, 0.2) is 0 Å². The highest BCUT2D eigenvalue weighted by Gasteiger charge is 2.62. The maximum absolute atomic E-state index is 12.0. The van der Waals surface area contributed by atoms with E-state index in [1.165, 1.54) is 0 Å². The van der Waals surface area contributed by atoms with Crippen LogP contribution in [0.5, 0.6) is 0 Å². The van der Waals surface area contributed by atoms with Gasteiger partial charge in [-0.1, -0.05) is 0 Å². The molecule has 0 aliphatic rings. The lowest BCUT2D eigenvalue weighted by Gasteiger charge is -2.23. The number of alkyl halides is 7. The van der Waals surface area contributed by atoms with E-state index in [0.29, 0.717) is 7.11 Å². The van der Waals surface area contributed by atoms with E-state index in [2.05, 4.69) is 4.74 Å². The van der Waals surface area contributed by atoms with Crippen LogP contribution < -0.4 is 0 Å². The maximum Gasteiger partial charge on any atom is 0.453 e. The Kier molecular flexibility index (Phi) is 3.18. The molecule has 0 atom stereocenters. The molecular formula is C5H5F7O. The van der Waals surface area contributed by atoms with Crippen LogP contribution >= 0.6 is 0 Å². The SMILES string of the molecule is COC(F)(F)CC(F)(F)C(F)(F)F. The van der Waals surface area contributed by atoms with Crippen LogP contribution in [0.3, 0.4) is 0 Å². The number of hydrogen-bond acceptors (Lipinski definition) is 1. The standard InChI is InChI=1S/C5H5F7O/c1-13-4(8,9)2-3(6,7)5(10,11)12/h2H2,1H3. The summed E-state index contributed by atoms with van der Waals surface area (Å²) in [6, 6.07) is 0. The Morgan fingerprint density at radius 1 is 0.923 bits per heavy atom. The molecule has 0 fully saturated rings. The summed E-state index contributed by atoms with van der Waals surface area (Å²) in [5.41, 5.74) is 0. The molecule has 0 aliphatic heterocycles. The van der Waals surface area contributed by atoms with E-state index in [0.717, 1.165) is 0 Å². The summed E-state index contributed by atoms with van der Waals surface area (Å²) in [5, 5.41) is 0. The fourth-order valence-corrected chi connectivity index (χ4v) is 0.431. The van der Waals surface area contributed by atoms with Gasteiger partial charge in [-0.25, -0.2) is 0 Å². The first kappa shape index (κ1) is 12.5. The van der Waals surface area contributed by atoms with E-state index < -0.39 is 24.6 Å². The minimum Gasteiger partial charge on any atom is -0.324 e. The Bertz CT molecular complexity index is 172. The van der Waals surface area contributed by atoms with Crippen LogP contribution in [0.2, 0.25) is 0 Å². The van der Waals surface area contributed by atoms with Crippen molar-refractivity contribution < 1.29 is 35.5 Å². The van der Waals surface area contributed by atoms with Crippen LogP contribution in [0.25, 0.3) is 0 Å². The van der Waals surface area contributed by atoms with Crippen molar-refractivity contribution in [2.45, 2.75) is 24.6 Å². The molecule has 0 radical (unpaired) electrons. The Hall–Kier alpha value is -0.530. The molecule has 0 rings (SSSR count). The summed E-state index contributed by atoms with van der Waals surface area (Å²) in [4.78, 5) is 0. The molecule has 8 heteroatoms. The average Bonchev–Trinajstić information content (AvgIpc) is 1.83. The minimum atomic E-state index is -5.99. The van der Waals surface area contributed by atoms with E-state index in [-0.39, 0.29) is 0 Å². The molecular weight excluding hydrogens is 209 g/mol. The fraction of sp³-hybridized carbons (Fsp3) is 1.00. The topological polar surface area (TPSA) is 9.23 Å². The normalized spacial score (nSPS) is 14.8. The minimum absolute atomic E-state index is 0.340. The summed E-state index contributed by atoms with van der Waals surface area (Å²) < 4.78 is 85.0. The van der Waals surface area contributed by atoms with Crippen molar-refractivity contribution in [1.29, 1.82) is 0 Å². The molecule has 80 valence electrons. The molecule has 0 aromatic heterocycles. The van der Waals surface area contributed by atoms with Gasteiger partial charge >= 0.3 is 18.2 Å². The molecule has 0 heterocycles. The lowest BCUT2D eigenvalue weighted by Crippen LogP contribution is -2.42. The highest BCUT2D eigenvalue weighted by atomic mass is 19.4. The second-order valence-corrected chi connectivity index (χ2v) is 2.22. The average molecular weight is 214 g/mol. The van der Waals surface area contributed by atoms with E-state index in [4.69, 9.17) is 0 Å². The Labute approximate surface area is 68.5 Å². The third-order valence-corrected chi connectivity index (χ3v) is 1.14. The highest BCUT2D eigenvalue weighted by Crippen LogP contribution is 2.42. The predicted octanol–water partition coefficient (Wildman–Crippen LogP) is 2.81. The van der Waals surface area contributed by atoms with Gasteiger partial charge in [0.05, 0.1) is 0 Å². The van der Waals surface area contributed by atoms with Gasteiger partial charge < -0.3 is 4.74 Å². The first-order valence-electron chi connectivity index (χ1n) is 2.89. The zero-order valence-electron chi connectivity index (χ0n) is 6.26. The molecule has 0 bridgehead atoms. The van der Waals surface area contributed by atoms with Gasteiger partial charge in [0.1, 0.15) is 6.42 Å². The van der Waals surface area contributed by atoms with E-state index in [1.54, 1.807) is 0 Å². The Morgan fingerprint density at radius 3 is 1.54 bits per heavy atom. The molecule has 1 nitrogen and oxygen atoms in total. The van der Waals surface area contributed by atoms with Gasteiger partial charge in [-0.2, -0.15) is 30.7 Å². The van der Waals surface area contributed by atoms with Crippen LogP contribution in [-0.4, -0.2) is 25.3 Å². The van der Waals surface area contributed by atoms with Crippen molar-refractivity contribution in [3.8, 4) is 0 Å². The molecule has 0 aromatic carbocycles. The largest absolute Gasteiger partial charge is 0.453 e. The van der Waals surface area contributed by atoms with E-state index >= 15 is 0 Å². The van der Waals surface area contributed by atoms with Gasteiger partial charge in [0.25, 0.3) is 0 Å². The van der Waals surface area contributed by atoms with E-state index in [1.807, 2.05) is 0 Å². The zero-order chi connectivity index (χ0) is 10.9. The monoisotopic (exact) mass is 214 g/mol. The summed E-state index contributed by atoms with van der Waals surface area (Å²) in [6.45, 7) is 0. The number of rotatable bonds is 3. The summed E-state index contributed by atoms with van der Waals surface area (Å²) in [7, 11) is 0.340. The molecule has 0 aromatic rings. The van der Waals surface area contributed by atoms with Crippen LogP contribution in [-0.2, 0) is 4.74 Å². The van der Waals surface area contributed by atoms with Gasteiger partial charge in [0, 0.05) is 7.11 Å². The molecule has 0 saturated heterocycles. The molecule has 0 amide bonds. The molecule has 0 N–H and O–H groups in total.